The van der Waals surface area contributed by atoms with E-state index in [1.54, 1.807) is 0 Å². The molecule has 5 heteroatoms. The summed E-state index contributed by atoms with van der Waals surface area (Å²) in [5.74, 6) is 0.801. The summed E-state index contributed by atoms with van der Waals surface area (Å²) in [4.78, 5) is 1.48. The van der Waals surface area contributed by atoms with Crippen molar-refractivity contribution in [2.45, 2.75) is 64.7 Å². The minimum atomic E-state index is -4.11. The standard InChI is InChI=1S/C14H27F3N2/c1-11(2)19(10-14(15,16)17)9-8-18-13-6-4-12(3)5-7-13/h11-13,18H,4-10H2,1-3H3. The molecule has 0 aliphatic heterocycles. The van der Waals surface area contributed by atoms with Crippen molar-refractivity contribution in [1.29, 1.82) is 0 Å². The van der Waals surface area contributed by atoms with E-state index in [1.165, 1.54) is 17.7 Å². The third kappa shape index (κ3) is 7.16. The number of halogens is 3. The summed E-state index contributed by atoms with van der Waals surface area (Å²) in [6.45, 7) is 6.19. The van der Waals surface area contributed by atoms with Crippen LogP contribution in [0.15, 0.2) is 0 Å². The summed E-state index contributed by atoms with van der Waals surface area (Å²) < 4.78 is 37.3. The van der Waals surface area contributed by atoms with Gasteiger partial charge in [-0.25, -0.2) is 0 Å². The molecular formula is C14H27F3N2. The molecule has 1 aliphatic rings. The Morgan fingerprint density at radius 1 is 1.16 bits per heavy atom. The maximum Gasteiger partial charge on any atom is 0.401 e. The molecule has 0 saturated heterocycles. The lowest BCUT2D eigenvalue weighted by Gasteiger charge is -2.30. The lowest BCUT2D eigenvalue weighted by atomic mass is 9.87. The molecular weight excluding hydrogens is 253 g/mol. The Kier molecular flexibility index (Phi) is 6.60. The minimum Gasteiger partial charge on any atom is -0.313 e. The van der Waals surface area contributed by atoms with Crippen molar-refractivity contribution in [3.8, 4) is 0 Å². The Bertz CT molecular complexity index is 246. The van der Waals surface area contributed by atoms with Crippen LogP contribution in [-0.4, -0.2) is 42.8 Å². The Labute approximate surface area is 114 Å². The SMILES string of the molecule is CC1CCC(NCCN(CC(F)(F)F)C(C)C)CC1. The van der Waals surface area contributed by atoms with E-state index in [4.69, 9.17) is 0 Å². The van der Waals surface area contributed by atoms with Gasteiger partial charge in [0.15, 0.2) is 0 Å². The smallest absolute Gasteiger partial charge is 0.313 e. The van der Waals surface area contributed by atoms with Gasteiger partial charge in [0.2, 0.25) is 0 Å². The number of alkyl halides is 3. The Morgan fingerprint density at radius 2 is 1.74 bits per heavy atom. The summed E-state index contributed by atoms with van der Waals surface area (Å²) in [5, 5.41) is 3.40. The number of hydrogen-bond acceptors (Lipinski definition) is 2. The van der Waals surface area contributed by atoms with E-state index in [-0.39, 0.29) is 6.04 Å². The Hall–Kier alpha value is -0.290. The first-order valence-corrected chi connectivity index (χ1v) is 7.32. The van der Waals surface area contributed by atoms with E-state index in [0.29, 0.717) is 19.1 Å². The molecule has 0 heterocycles. The van der Waals surface area contributed by atoms with Crippen LogP contribution >= 0.6 is 0 Å². The molecule has 0 radical (unpaired) electrons. The first-order valence-electron chi connectivity index (χ1n) is 7.32. The van der Waals surface area contributed by atoms with Gasteiger partial charge in [0.25, 0.3) is 0 Å². The van der Waals surface area contributed by atoms with Crippen LogP contribution in [0.3, 0.4) is 0 Å². The zero-order valence-electron chi connectivity index (χ0n) is 12.3. The average Bonchev–Trinajstić information content (AvgIpc) is 2.28. The normalized spacial score (nSPS) is 25.3. The largest absolute Gasteiger partial charge is 0.401 e. The van der Waals surface area contributed by atoms with Crippen LogP contribution in [0, 0.1) is 5.92 Å². The predicted molar refractivity (Wildman–Crippen MR) is 72.2 cm³/mol. The van der Waals surface area contributed by atoms with Crippen molar-refractivity contribution >= 4 is 0 Å². The second kappa shape index (κ2) is 7.48. The van der Waals surface area contributed by atoms with Crippen molar-refractivity contribution in [1.82, 2.24) is 10.2 Å². The fraction of sp³-hybridized carbons (Fsp3) is 1.00. The topological polar surface area (TPSA) is 15.3 Å². The molecule has 0 aromatic rings. The van der Waals surface area contributed by atoms with Gasteiger partial charge in [0, 0.05) is 25.2 Å². The Morgan fingerprint density at radius 3 is 2.21 bits per heavy atom. The van der Waals surface area contributed by atoms with E-state index >= 15 is 0 Å². The summed E-state index contributed by atoms with van der Waals surface area (Å²) in [7, 11) is 0. The van der Waals surface area contributed by atoms with Crippen molar-refractivity contribution in [2.75, 3.05) is 19.6 Å². The highest BCUT2D eigenvalue weighted by molar-refractivity contribution is 4.76. The van der Waals surface area contributed by atoms with E-state index < -0.39 is 12.7 Å². The summed E-state index contributed by atoms with van der Waals surface area (Å²) >= 11 is 0. The van der Waals surface area contributed by atoms with Crippen molar-refractivity contribution in [3.63, 3.8) is 0 Å². The van der Waals surface area contributed by atoms with Gasteiger partial charge in [0.05, 0.1) is 6.54 Å². The van der Waals surface area contributed by atoms with Gasteiger partial charge in [-0.1, -0.05) is 6.92 Å². The van der Waals surface area contributed by atoms with Crippen LogP contribution in [0.2, 0.25) is 0 Å². The molecule has 0 aromatic carbocycles. The van der Waals surface area contributed by atoms with Crippen LogP contribution < -0.4 is 5.32 Å². The van der Waals surface area contributed by atoms with Gasteiger partial charge in [-0.05, 0) is 45.4 Å². The molecule has 114 valence electrons. The quantitative estimate of drug-likeness (QED) is 0.802. The molecule has 1 saturated carbocycles. The van der Waals surface area contributed by atoms with Crippen molar-refractivity contribution in [2.24, 2.45) is 5.92 Å². The number of hydrogen-bond donors (Lipinski definition) is 1. The molecule has 2 nitrogen and oxygen atoms in total. The van der Waals surface area contributed by atoms with Gasteiger partial charge in [0.1, 0.15) is 0 Å². The molecule has 0 aromatic heterocycles. The summed E-state index contributed by atoms with van der Waals surface area (Å²) in [5.41, 5.74) is 0. The lowest BCUT2D eigenvalue weighted by Crippen LogP contribution is -2.44. The van der Waals surface area contributed by atoms with E-state index in [9.17, 15) is 13.2 Å². The molecule has 0 atom stereocenters. The fourth-order valence-electron chi connectivity index (χ4n) is 2.63. The van der Waals surface area contributed by atoms with Gasteiger partial charge < -0.3 is 5.32 Å². The van der Waals surface area contributed by atoms with Crippen LogP contribution in [-0.2, 0) is 0 Å². The lowest BCUT2D eigenvalue weighted by molar-refractivity contribution is -0.149. The van der Waals surface area contributed by atoms with Crippen LogP contribution in [0.25, 0.3) is 0 Å². The highest BCUT2D eigenvalue weighted by Gasteiger charge is 2.31. The predicted octanol–water partition coefficient (Wildman–Crippen LogP) is 3.43. The van der Waals surface area contributed by atoms with E-state index in [1.807, 2.05) is 13.8 Å². The van der Waals surface area contributed by atoms with Crippen LogP contribution in [0.1, 0.15) is 46.5 Å². The number of nitrogens with one attached hydrogen (secondary N) is 1. The molecule has 1 fully saturated rings. The molecule has 1 N–H and O–H groups in total. The van der Waals surface area contributed by atoms with E-state index in [2.05, 4.69) is 12.2 Å². The molecule has 0 bridgehead atoms. The van der Waals surface area contributed by atoms with Gasteiger partial charge >= 0.3 is 6.18 Å². The molecule has 19 heavy (non-hydrogen) atoms. The van der Waals surface area contributed by atoms with Crippen molar-refractivity contribution < 1.29 is 13.2 Å². The van der Waals surface area contributed by atoms with Gasteiger partial charge in [-0.3, -0.25) is 4.90 Å². The van der Waals surface area contributed by atoms with Gasteiger partial charge in [-0.15, -0.1) is 0 Å². The molecule has 0 amide bonds. The second-order valence-electron chi connectivity index (χ2n) is 6.09. The zero-order chi connectivity index (χ0) is 14.5. The summed E-state index contributed by atoms with van der Waals surface area (Å²) in [6, 6.07) is 0.422. The van der Waals surface area contributed by atoms with Gasteiger partial charge in [-0.2, -0.15) is 13.2 Å². The second-order valence-corrected chi connectivity index (χ2v) is 6.09. The molecule has 1 rings (SSSR count). The average molecular weight is 280 g/mol. The highest BCUT2D eigenvalue weighted by Crippen LogP contribution is 2.23. The molecule has 0 spiro atoms. The maximum atomic E-state index is 12.4. The maximum absolute atomic E-state index is 12.4. The number of nitrogens with zero attached hydrogens (tertiary/aromatic N) is 1. The summed E-state index contributed by atoms with van der Waals surface area (Å²) in [6.07, 6.45) is 0.664. The minimum absolute atomic E-state index is 0.0743. The monoisotopic (exact) mass is 280 g/mol. The highest BCUT2D eigenvalue weighted by atomic mass is 19.4. The molecule has 0 unspecified atom stereocenters. The third-order valence-electron chi connectivity index (χ3n) is 3.96. The van der Waals surface area contributed by atoms with Crippen LogP contribution in [0.5, 0.6) is 0 Å². The Balaban J connectivity index is 2.25. The molecule has 1 aliphatic carbocycles. The zero-order valence-corrected chi connectivity index (χ0v) is 12.3. The van der Waals surface area contributed by atoms with Crippen LogP contribution in [0.4, 0.5) is 13.2 Å². The van der Waals surface area contributed by atoms with Crippen molar-refractivity contribution in [3.05, 3.63) is 0 Å². The van der Waals surface area contributed by atoms with E-state index in [0.717, 1.165) is 18.8 Å². The third-order valence-corrected chi connectivity index (χ3v) is 3.96. The number of rotatable bonds is 6. The first-order chi connectivity index (χ1) is 8.78. The fourth-order valence-corrected chi connectivity index (χ4v) is 2.63. The first kappa shape index (κ1) is 16.8.